The van der Waals surface area contributed by atoms with Gasteiger partial charge in [-0.2, -0.15) is 0 Å². The molecule has 1 fully saturated rings. The summed E-state index contributed by atoms with van der Waals surface area (Å²) in [7, 11) is 1.47. The number of hydrogen-bond acceptors (Lipinski definition) is 6. The topological polar surface area (TPSA) is 72.9 Å². The summed E-state index contributed by atoms with van der Waals surface area (Å²) in [6.07, 6.45) is 1.64. The number of carbonyl (C=O) groups excluding carboxylic acids is 3. The number of hydrogen-bond donors (Lipinski definition) is 0. The minimum absolute atomic E-state index is 0.199. The van der Waals surface area contributed by atoms with Crippen LogP contribution >= 0.6 is 50.3 Å². The number of amides is 2. The molecule has 3 aromatic rings. The van der Waals surface area contributed by atoms with E-state index in [1.807, 2.05) is 52.9 Å². The van der Waals surface area contributed by atoms with Crippen molar-refractivity contribution in [3.63, 3.8) is 0 Å². The fraction of sp³-hybridized carbons (Fsp3) is 0.0800. The minimum Gasteiger partial charge on any atom is -0.493 e. The van der Waals surface area contributed by atoms with Crippen LogP contribution in [0.5, 0.6) is 11.5 Å². The van der Waals surface area contributed by atoms with Crippen LogP contribution in [0.1, 0.15) is 21.5 Å². The second-order valence-corrected chi connectivity index (χ2v) is 10.3. The molecule has 6 nitrogen and oxygen atoms in total. The molecule has 0 unspecified atom stereocenters. The molecule has 9 heteroatoms. The fourth-order valence-corrected chi connectivity index (χ4v) is 5.05. The quantitative estimate of drug-likeness (QED) is 0.131. The van der Waals surface area contributed by atoms with Gasteiger partial charge in [0.25, 0.3) is 11.1 Å². The number of esters is 1. The van der Waals surface area contributed by atoms with Gasteiger partial charge < -0.3 is 9.47 Å². The maximum Gasteiger partial charge on any atom is 0.343 e. The van der Waals surface area contributed by atoms with E-state index in [0.717, 1.165) is 21.8 Å². The summed E-state index contributed by atoms with van der Waals surface area (Å²) in [5.41, 5.74) is 1.92. The van der Waals surface area contributed by atoms with Gasteiger partial charge in [0.1, 0.15) is 0 Å². The average molecular weight is 650 g/mol. The third kappa shape index (κ3) is 5.53. The van der Waals surface area contributed by atoms with E-state index in [4.69, 9.17) is 9.47 Å². The molecular weight excluding hydrogens is 633 g/mol. The molecule has 34 heavy (non-hydrogen) atoms. The Bertz CT molecular complexity index is 1290. The summed E-state index contributed by atoms with van der Waals surface area (Å²) < 4.78 is 12.6. The molecule has 0 aliphatic carbocycles. The molecule has 0 radical (unpaired) electrons. The van der Waals surface area contributed by atoms with E-state index in [9.17, 15) is 14.4 Å². The summed E-state index contributed by atoms with van der Waals surface area (Å²) in [5.74, 6) is -0.223. The van der Waals surface area contributed by atoms with Crippen molar-refractivity contribution >= 4 is 73.5 Å². The Morgan fingerprint density at radius 3 is 2.47 bits per heavy atom. The molecule has 3 aromatic carbocycles. The lowest BCUT2D eigenvalue weighted by Gasteiger charge is -2.13. The summed E-state index contributed by atoms with van der Waals surface area (Å²) in [4.78, 5) is 39.4. The molecule has 1 heterocycles. The number of imide groups is 1. The Hall–Kier alpha value is -2.63. The second-order valence-electron chi connectivity index (χ2n) is 7.18. The Labute approximate surface area is 222 Å². The van der Waals surface area contributed by atoms with Gasteiger partial charge in [-0.25, -0.2) is 4.79 Å². The van der Waals surface area contributed by atoms with Crippen molar-refractivity contribution in [3.8, 4) is 11.5 Å². The largest absolute Gasteiger partial charge is 0.493 e. The first-order valence-corrected chi connectivity index (χ1v) is 12.7. The smallest absolute Gasteiger partial charge is 0.343 e. The summed E-state index contributed by atoms with van der Waals surface area (Å²) >= 11 is 6.31. The molecule has 4 rings (SSSR count). The second kappa shape index (κ2) is 10.7. The van der Waals surface area contributed by atoms with Crippen molar-refractivity contribution in [1.29, 1.82) is 0 Å². The number of ether oxygens (including phenoxy) is 2. The third-order valence-electron chi connectivity index (χ3n) is 4.88. The summed E-state index contributed by atoms with van der Waals surface area (Å²) in [6.45, 7) is 0.199. The van der Waals surface area contributed by atoms with E-state index in [1.54, 1.807) is 42.5 Å². The highest BCUT2D eigenvalue weighted by Gasteiger charge is 2.35. The van der Waals surface area contributed by atoms with Crippen LogP contribution < -0.4 is 9.47 Å². The van der Waals surface area contributed by atoms with E-state index in [-0.39, 0.29) is 23.4 Å². The van der Waals surface area contributed by atoms with Gasteiger partial charge in [0.05, 0.1) is 27.7 Å². The van der Waals surface area contributed by atoms with Gasteiger partial charge in [0, 0.05) is 4.47 Å². The number of carbonyl (C=O) groups is 3. The van der Waals surface area contributed by atoms with Gasteiger partial charge in [-0.3, -0.25) is 14.5 Å². The molecule has 0 N–H and O–H groups in total. The zero-order valence-electron chi connectivity index (χ0n) is 17.8. The van der Waals surface area contributed by atoms with Crippen LogP contribution in [-0.2, 0) is 11.3 Å². The standard InChI is InChI=1S/C25H17BrINO5S/c1-32-20-12-16(11-19(27)22(20)33-24(30)17-5-3-2-4-6-17)13-21-23(29)28(25(31)34-21)14-15-7-9-18(26)10-8-15/h2-13H,14H2,1H3/b21-13-. The highest BCUT2D eigenvalue weighted by atomic mass is 127. The average Bonchev–Trinajstić information content (AvgIpc) is 3.09. The Morgan fingerprint density at radius 2 is 1.79 bits per heavy atom. The van der Waals surface area contributed by atoms with E-state index in [1.165, 1.54) is 12.0 Å². The SMILES string of the molecule is COc1cc(/C=C2\SC(=O)N(Cc3ccc(Br)cc3)C2=O)cc(I)c1OC(=O)c1ccccc1. The number of benzene rings is 3. The van der Waals surface area contributed by atoms with Crippen LogP contribution in [0.15, 0.2) is 76.1 Å². The number of thioether (sulfide) groups is 1. The van der Waals surface area contributed by atoms with Crippen molar-refractivity contribution in [2.45, 2.75) is 6.54 Å². The third-order valence-corrected chi connectivity index (χ3v) is 7.12. The predicted molar refractivity (Wildman–Crippen MR) is 143 cm³/mol. The minimum atomic E-state index is -0.501. The lowest BCUT2D eigenvalue weighted by molar-refractivity contribution is -0.123. The van der Waals surface area contributed by atoms with E-state index >= 15 is 0 Å². The Kier molecular flexibility index (Phi) is 7.74. The number of nitrogens with zero attached hydrogens (tertiary/aromatic N) is 1. The van der Waals surface area contributed by atoms with Gasteiger partial charge in [-0.15, -0.1) is 0 Å². The van der Waals surface area contributed by atoms with E-state index < -0.39 is 5.97 Å². The Morgan fingerprint density at radius 1 is 1.09 bits per heavy atom. The van der Waals surface area contributed by atoms with Gasteiger partial charge in [0.15, 0.2) is 11.5 Å². The Balaban J connectivity index is 1.56. The predicted octanol–water partition coefficient (Wildman–Crippen LogP) is 6.52. The molecule has 1 saturated heterocycles. The highest BCUT2D eigenvalue weighted by Crippen LogP contribution is 2.38. The number of rotatable bonds is 6. The lowest BCUT2D eigenvalue weighted by Crippen LogP contribution is -2.27. The van der Waals surface area contributed by atoms with Crippen LogP contribution in [0.3, 0.4) is 0 Å². The maximum absolute atomic E-state index is 12.9. The summed E-state index contributed by atoms with van der Waals surface area (Å²) in [6, 6.07) is 19.5. The molecule has 2 amide bonds. The number of methoxy groups -OCH3 is 1. The zero-order valence-corrected chi connectivity index (χ0v) is 22.3. The van der Waals surface area contributed by atoms with Gasteiger partial charge >= 0.3 is 5.97 Å². The van der Waals surface area contributed by atoms with E-state index in [2.05, 4.69) is 15.9 Å². The van der Waals surface area contributed by atoms with Crippen LogP contribution in [0.25, 0.3) is 6.08 Å². The number of halogens is 2. The molecule has 0 atom stereocenters. The maximum atomic E-state index is 12.9. The summed E-state index contributed by atoms with van der Waals surface area (Å²) in [5, 5.41) is -0.325. The molecule has 0 aromatic heterocycles. The monoisotopic (exact) mass is 649 g/mol. The molecule has 1 aliphatic heterocycles. The van der Waals surface area contributed by atoms with Crippen LogP contribution in [0.2, 0.25) is 0 Å². The normalized spacial score (nSPS) is 14.6. The molecular formula is C25H17BrINO5S. The van der Waals surface area contributed by atoms with Crippen molar-refractivity contribution in [1.82, 2.24) is 4.90 Å². The van der Waals surface area contributed by atoms with Crippen molar-refractivity contribution < 1.29 is 23.9 Å². The van der Waals surface area contributed by atoms with Gasteiger partial charge in [-0.05, 0) is 88.0 Å². The molecule has 1 aliphatic rings. The molecule has 0 saturated carbocycles. The van der Waals surface area contributed by atoms with E-state index in [0.29, 0.717) is 25.4 Å². The zero-order chi connectivity index (χ0) is 24.2. The van der Waals surface area contributed by atoms with Gasteiger partial charge in [0.2, 0.25) is 0 Å². The van der Waals surface area contributed by atoms with Crippen LogP contribution in [-0.4, -0.2) is 29.1 Å². The first kappa shape index (κ1) is 24.5. The van der Waals surface area contributed by atoms with Crippen LogP contribution in [0.4, 0.5) is 4.79 Å². The first-order chi connectivity index (χ1) is 16.4. The van der Waals surface area contributed by atoms with Crippen molar-refractivity contribution in [2.75, 3.05) is 7.11 Å². The first-order valence-electron chi connectivity index (χ1n) is 10.0. The van der Waals surface area contributed by atoms with Crippen molar-refractivity contribution in [3.05, 3.63) is 96.4 Å². The lowest BCUT2D eigenvalue weighted by atomic mass is 10.1. The molecule has 0 spiro atoms. The fourth-order valence-electron chi connectivity index (χ4n) is 3.21. The van der Waals surface area contributed by atoms with Crippen LogP contribution in [0, 0.1) is 3.57 Å². The van der Waals surface area contributed by atoms with Crippen molar-refractivity contribution in [2.24, 2.45) is 0 Å². The molecule has 172 valence electrons. The van der Waals surface area contributed by atoms with Gasteiger partial charge in [-0.1, -0.05) is 46.3 Å². The molecule has 0 bridgehead atoms. The highest BCUT2D eigenvalue weighted by molar-refractivity contribution is 14.1.